The molecule has 0 spiro atoms. The summed E-state index contributed by atoms with van der Waals surface area (Å²) in [5, 5.41) is 14.5. The lowest BCUT2D eigenvalue weighted by Gasteiger charge is -2.20. The standard InChI is InChI=1S/C17H22FN3O/c1-20-10-14(9-19-20)8-13-6-7-21(11-13)12-17(22)15-2-4-16(18)5-3-15/h2-5,9-10,13,17,22H,6-8,11-12H2,1H3. The fourth-order valence-electron chi connectivity index (χ4n) is 3.19. The third-order valence-corrected chi connectivity index (χ3v) is 4.34. The van der Waals surface area contributed by atoms with Crippen LogP contribution in [0.3, 0.4) is 0 Å². The van der Waals surface area contributed by atoms with Crippen molar-refractivity contribution < 1.29 is 9.50 Å². The van der Waals surface area contributed by atoms with Crippen LogP contribution < -0.4 is 0 Å². The minimum Gasteiger partial charge on any atom is -0.387 e. The summed E-state index contributed by atoms with van der Waals surface area (Å²) in [4.78, 5) is 2.29. The zero-order valence-corrected chi connectivity index (χ0v) is 12.8. The lowest BCUT2D eigenvalue weighted by Crippen LogP contribution is -2.26. The van der Waals surface area contributed by atoms with Crippen molar-refractivity contribution in [3.63, 3.8) is 0 Å². The second-order valence-electron chi connectivity index (χ2n) is 6.21. The van der Waals surface area contributed by atoms with E-state index in [1.165, 1.54) is 17.7 Å². The number of halogens is 1. The van der Waals surface area contributed by atoms with Gasteiger partial charge in [0.2, 0.25) is 0 Å². The number of rotatable bonds is 5. The molecule has 2 unspecified atom stereocenters. The van der Waals surface area contributed by atoms with Gasteiger partial charge in [0.05, 0.1) is 12.3 Å². The first-order chi connectivity index (χ1) is 10.6. The number of nitrogens with zero attached hydrogens (tertiary/aromatic N) is 3. The zero-order valence-electron chi connectivity index (χ0n) is 12.8. The zero-order chi connectivity index (χ0) is 15.5. The Morgan fingerprint density at radius 2 is 2.14 bits per heavy atom. The lowest BCUT2D eigenvalue weighted by atomic mass is 10.0. The number of aryl methyl sites for hydroxylation is 1. The molecular formula is C17H22FN3O. The van der Waals surface area contributed by atoms with Crippen LogP contribution in [0.25, 0.3) is 0 Å². The van der Waals surface area contributed by atoms with Gasteiger partial charge < -0.3 is 10.0 Å². The molecule has 0 radical (unpaired) electrons. The van der Waals surface area contributed by atoms with E-state index in [9.17, 15) is 9.50 Å². The maximum absolute atomic E-state index is 12.9. The fraction of sp³-hybridized carbons (Fsp3) is 0.471. The molecule has 4 nitrogen and oxygen atoms in total. The summed E-state index contributed by atoms with van der Waals surface area (Å²) in [6.07, 6.45) is 5.62. The highest BCUT2D eigenvalue weighted by Crippen LogP contribution is 2.23. The molecule has 22 heavy (non-hydrogen) atoms. The number of aliphatic hydroxyl groups excluding tert-OH is 1. The van der Waals surface area contributed by atoms with Crippen LogP contribution in [0, 0.1) is 11.7 Å². The molecule has 2 aromatic rings. The maximum atomic E-state index is 12.9. The van der Waals surface area contributed by atoms with Gasteiger partial charge in [-0.3, -0.25) is 4.68 Å². The van der Waals surface area contributed by atoms with Crippen LogP contribution in [0.5, 0.6) is 0 Å². The quantitative estimate of drug-likeness (QED) is 0.920. The molecule has 1 fully saturated rings. The van der Waals surface area contributed by atoms with Crippen LogP contribution in [0.4, 0.5) is 4.39 Å². The average molecular weight is 303 g/mol. The summed E-state index contributed by atoms with van der Waals surface area (Å²) in [5.41, 5.74) is 2.05. The molecule has 1 aromatic carbocycles. The summed E-state index contributed by atoms with van der Waals surface area (Å²) in [5.74, 6) is 0.346. The van der Waals surface area contributed by atoms with Gasteiger partial charge in [0, 0.05) is 26.3 Å². The Labute approximate surface area is 130 Å². The highest BCUT2D eigenvalue weighted by Gasteiger charge is 2.25. The number of likely N-dealkylation sites (tertiary alicyclic amines) is 1. The van der Waals surface area contributed by atoms with Crippen molar-refractivity contribution in [2.24, 2.45) is 13.0 Å². The molecule has 118 valence electrons. The van der Waals surface area contributed by atoms with Gasteiger partial charge in [0.15, 0.2) is 0 Å². The predicted octanol–water partition coefficient (Wildman–Crippen LogP) is 2.16. The predicted molar refractivity (Wildman–Crippen MR) is 82.8 cm³/mol. The SMILES string of the molecule is Cn1cc(CC2CCN(CC(O)c3ccc(F)cc3)C2)cn1. The topological polar surface area (TPSA) is 41.3 Å². The van der Waals surface area contributed by atoms with Crippen LogP contribution >= 0.6 is 0 Å². The Morgan fingerprint density at radius 3 is 2.82 bits per heavy atom. The second-order valence-corrected chi connectivity index (χ2v) is 6.21. The first-order valence-corrected chi connectivity index (χ1v) is 7.73. The first kappa shape index (κ1) is 15.2. The minimum atomic E-state index is -0.558. The molecule has 0 aliphatic carbocycles. The maximum Gasteiger partial charge on any atom is 0.123 e. The van der Waals surface area contributed by atoms with Crippen LogP contribution in [-0.4, -0.2) is 39.4 Å². The summed E-state index contributed by atoms with van der Waals surface area (Å²) >= 11 is 0. The summed E-state index contributed by atoms with van der Waals surface area (Å²) in [6, 6.07) is 6.11. The summed E-state index contributed by atoms with van der Waals surface area (Å²) < 4.78 is 14.7. The van der Waals surface area contributed by atoms with Crippen molar-refractivity contribution in [1.29, 1.82) is 0 Å². The van der Waals surface area contributed by atoms with Crippen molar-refractivity contribution >= 4 is 0 Å². The first-order valence-electron chi connectivity index (χ1n) is 7.73. The number of hydrogen-bond acceptors (Lipinski definition) is 3. The van der Waals surface area contributed by atoms with Crippen LogP contribution in [0.1, 0.15) is 23.7 Å². The molecule has 5 heteroatoms. The molecule has 2 atom stereocenters. The number of aliphatic hydroxyl groups is 1. The number of benzene rings is 1. The molecule has 1 saturated heterocycles. The van der Waals surface area contributed by atoms with E-state index in [-0.39, 0.29) is 5.82 Å². The van der Waals surface area contributed by atoms with Crippen molar-refractivity contribution in [2.45, 2.75) is 18.9 Å². The fourth-order valence-corrected chi connectivity index (χ4v) is 3.19. The van der Waals surface area contributed by atoms with E-state index in [4.69, 9.17) is 0 Å². The van der Waals surface area contributed by atoms with Crippen molar-refractivity contribution in [3.8, 4) is 0 Å². The van der Waals surface area contributed by atoms with Gasteiger partial charge in [-0.1, -0.05) is 12.1 Å². The lowest BCUT2D eigenvalue weighted by molar-refractivity contribution is 0.124. The molecule has 1 aromatic heterocycles. The number of aromatic nitrogens is 2. The van der Waals surface area contributed by atoms with E-state index in [1.807, 2.05) is 17.9 Å². The number of hydrogen-bond donors (Lipinski definition) is 1. The van der Waals surface area contributed by atoms with E-state index in [0.717, 1.165) is 31.5 Å². The van der Waals surface area contributed by atoms with E-state index in [2.05, 4.69) is 16.2 Å². The van der Waals surface area contributed by atoms with Gasteiger partial charge in [0.25, 0.3) is 0 Å². The summed E-state index contributed by atoms with van der Waals surface area (Å²) in [7, 11) is 1.93. The van der Waals surface area contributed by atoms with Gasteiger partial charge in [0.1, 0.15) is 5.82 Å². The third-order valence-electron chi connectivity index (χ3n) is 4.34. The van der Waals surface area contributed by atoms with Gasteiger partial charge in [-0.2, -0.15) is 5.10 Å². The van der Waals surface area contributed by atoms with Gasteiger partial charge in [-0.05, 0) is 48.6 Å². The highest BCUT2D eigenvalue weighted by molar-refractivity contribution is 5.18. The monoisotopic (exact) mass is 303 g/mol. The van der Waals surface area contributed by atoms with Crippen LogP contribution in [0.2, 0.25) is 0 Å². The molecule has 0 bridgehead atoms. The Morgan fingerprint density at radius 1 is 1.36 bits per heavy atom. The average Bonchev–Trinajstić information content (AvgIpc) is 3.09. The van der Waals surface area contributed by atoms with E-state index in [0.29, 0.717) is 12.5 Å². The molecule has 0 amide bonds. The minimum absolute atomic E-state index is 0.270. The van der Waals surface area contributed by atoms with Gasteiger partial charge in [-0.15, -0.1) is 0 Å². The highest BCUT2D eigenvalue weighted by atomic mass is 19.1. The molecule has 1 aliphatic heterocycles. The molecular weight excluding hydrogens is 281 g/mol. The Hall–Kier alpha value is -1.72. The van der Waals surface area contributed by atoms with E-state index < -0.39 is 6.10 Å². The van der Waals surface area contributed by atoms with E-state index >= 15 is 0 Å². The van der Waals surface area contributed by atoms with Crippen molar-refractivity contribution in [1.82, 2.24) is 14.7 Å². The Kier molecular flexibility index (Phi) is 4.55. The Balaban J connectivity index is 1.51. The molecule has 0 saturated carbocycles. The molecule has 2 heterocycles. The molecule has 1 aliphatic rings. The largest absolute Gasteiger partial charge is 0.387 e. The van der Waals surface area contributed by atoms with Gasteiger partial charge >= 0.3 is 0 Å². The third kappa shape index (κ3) is 3.72. The van der Waals surface area contributed by atoms with Gasteiger partial charge in [-0.25, -0.2) is 4.39 Å². The van der Waals surface area contributed by atoms with Crippen molar-refractivity contribution in [2.75, 3.05) is 19.6 Å². The number of β-amino-alcohol motifs (C(OH)–C–C–N with tert-alkyl or cyclic N) is 1. The molecule has 3 rings (SSSR count). The van der Waals surface area contributed by atoms with Crippen molar-refractivity contribution in [3.05, 3.63) is 53.6 Å². The van der Waals surface area contributed by atoms with Crippen LogP contribution in [-0.2, 0) is 13.5 Å². The smallest absolute Gasteiger partial charge is 0.123 e. The molecule has 1 N–H and O–H groups in total. The Bertz CT molecular complexity index is 611. The van der Waals surface area contributed by atoms with E-state index in [1.54, 1.807) is 12.1 Å². The normalized spacial score (nSPS) is 20.4. The second kappa shape index (κ2) is 6.58. The van der Waals surface area contributed by atoms with Crippen LogP contribution in [0.15, 0.2) is 36.7 Å². The summed E-state index contributed by atoms with van der Waals surface area (Å²) in [6.45, 7) is 2.60.